The van der Waals surface area contributed by atoms with Crippen molar-refractivity contribution in [2.24, 2.45) is 0 Å². The minimum Gasteiger partial charge on any atom is -0.484 e. The second-order valence-corrected chi connectivity index (χ2v) is 7.77. The molecule has 0 unspecified atom stereocenters. The number of carbonyl (C=O) groups is 1. The van der Waals surface area contributed by atoms with Crippen molar-refractivity contribution >= 4 is 40.2 Å². The third-order valence-electron chi connectivity index (χ3n) is 4.04. The third-order valence-corrected chi connectivity index (χ3v) is 5.33. The number of nitrogens with one attached hydrogen (secondary N) is 1. The SMILES string of the molecule is Cc1cc(=O)oc2cc(OCC(=O)NCCSCc3ccc(Cl)cc3)ccc12. The third kappa shape index (κ3) is 5.78. The van der Waals surface area contributed by atoms with Crippen LogP contribution in [0.15, 0.2) is 57.7 Å². The number of rotatable bonds is 8. The molecule has 0 bridgehead atoms. The zero-order chi connectivity index (χ0) is 19.9. The van der Waals surface area contributed by atoms with E-state index in [1.54, 1.807) is 23.9 Å². The van der Waals surface area contributed by atoms with Crippen LogP contribution in [0.4, 0.5) is 0 Å². The summed E-state index contributed by atoms with van der Waals surface area (Å²) in [7, 11) is 0. The van der Waals surface area contributed by atoms with E-state index < -0.39 is 5.63 Å². The Labute approximate surface area is 172 Å². The molecule has 3 rings (SSSR count). The molecule has 3 aromatic rings. The first kappa shape index (κ1) is 20.3. The largest absolute Gasteiger partial charge is 0.484 e. The first-order valence-electron chi connectivity index (χ1n) is 8.77. The van der Waals surface area contributed by atoms with Gasteiger partial charge in [0.2, 0.25) is 0 Å². The van der Waals surface area contributed by atoms with Gasteiger partial charge in [0.1, 0.15) is 11.3 Å². The van der Waals surface area contributed by atoms with Gasteiger partial charge in [-0.05, 0) is 42.3 Å². The summed E-state index contributed by atoms with van der Waals surface area (Å²) in [5, 5.41) is 4.39. The highest BCUT2D eigenvalue weighted by Gasteiger charge is 2.06. The maximum Gasteiger partial charge on any atom is 0.336 e. The number of amides is 1. The molecule has 5 nitrogen and oxygen atoms in total. The van der Waals surface area contributed by atoms with Gasteiger partial charge in [0, 0.05) is 40.6 Å². The smallest absolute Gasteiger partial charge is 0.336 e. The van der Waals surface area contributed by atoms with Crippen molar-refractivity contribution in [2.75, 3.05) is 18.9 Å². The Bertz CT molecular complexity index is 1020. The highest BCUT2D eigenvalue weighted by molar-refractivity contribution is 7.98. The van der Waals surface area contributed by atoms with E-state index in [-0.39, 0.29) is 12.5 Å². The highest BCUT2D eigenvalue weighted by Crippen LogP contribution is 2.22. The van der Waals surface area contributed by atoms with Crippen molar-refractivity contribution in [3.63, 3.8) is 0 Å². The number of aryl methyl sites for hydroxylation is 1. The molecule has 0 saturated heterocycles. The van der Waals surface area contributed by atoms with E-state index in [2.05, 4.69) is 5.32 Å². The van der Waals surface area contributed by atoms with Crippen molar-refractivity contribution in [2.45, 2.75) is 12.7 Å². The molecule has 2 aromatic carbocycles. The highest BCUT2D eigenvalue weighted by atomic mass is 35.5. The van der Waals surface area contributed by atoms with Crippen molar-refractivity contribution in [3.05, 3.63) is 75.1 Å². The van der Waals surface area contributed by atoms with E-state index >= 15 is 0 Å². The van der Waals surface area contributed by atoms with Crippen molar-refractivity contribution in [3.8, 4) is 5.75 Å². The summed E-state index contributed by atoms with van der Waals surface area (Å²) in [4.78, 5) is 23.4. The predicted octanol–water partition coefficient (Wildman–Crippen LogP) is 4.18. The van der Waals surface area contributed by atoms with Gasteiger partial charge in [-0.15, -0.1) is 0 Å². The molecule has 0 spiro atoms. The molecule has 0 fully saturated rings. The van der Waals surface area contributed by atoms with Crippen LogP contribution in [0.3, 0.4) is 0 Å². The minimum atomic E-state index is -0.406. The van der Waals surface area contributed by atoms with Crippen LogP contribution in [0, 0.1) is 6.92 Å². The molecule has 0 aliphatic carbocycles. The fourth-order valence-electron chi connectivity index (χ4n) is 2.63. The van der Waals surface area contributed by atoms with Crippen LogP contribution >= 0.6 is 23.4 Å². The maximum absolute atomic E-state index is 11.9. The van der Waals surface area contributed by atoms with E-state index in [1.165, 1.54) is 11.6 Å². The monoisotopic (exact) mass is 417 g/mol. The Balaban J connectivity index is 1.40. The van der Waals surface area contributed by atoms with Gasteiger partial charge in [0.05, 0.1) is 0 Å². The average molecular weight is 418 g/mol. The van der Waals surface area contributed by atoms with Crippen LogP contribution in [0.5, 0.6) is 5.75 Å². The lowest BCUT2D eigenvalue weighted by Gasteiger charge is -2.08. The molecule has 7 heteroatoms. The molecule has 1 N–H and O–H groups in total. The Morgan fingerprint density at radius 1 is 1.18 bits per heavy atom. The maximum atomic E-state index is 11.9. The van der Waals surface area contributed by atoms with Gasteiger partial charge < -0.3 is 14.5 Å². The van der Waals surface area contributed by atoms with E-state index in [0.29, 0.717) is 17.9 Å². The summed E-state index contributed by atoms with van der Waals surface area (Å²) in [5.74, 6) is 1.95. The lowest BCUT2D eigenvalue weighted by atomic mass is 10.1. The Morgan fingerprint density at radius 3 is 2.75 bits per heavy atom. The molecule has 0 aliphatic rings. The molecule has 28 heavy (non-hydrogen) atoms. The van der Waals surface area contributed by atoms with Gasteiger partial charge in [-0.1, -0.05) is 23.7 Å². The van der Waals surface area contributed by atoms with Crippen molar-refractivity contribution in [1.29, 1.82) is 0 Å². The second-order valence-electron chi connectivity index (χ2n) is 6.22. The van der Waals surface area contributed by atoms with Crippen LogP contribution in [-0.2, 0) is 10.5 Å². The van der Waals surface area contributed by atoms with Crippen LogP contribution < -0.4 is 15.7 Å². The van der Waals surface area contributed by atoms with Gasteiger partial charge in [0.15, 0.2) is 6.61 Å². The summed E-state index contributed by atoms with van der Waals surface area (Å²) >= 11 is 7.59. The molecular weight excluding hydrogens is 398 g/mol. The van der Waals surface area contributed by atoms with E-state index in [1.807, 2.05) is 37.3 Å². The number of thioether (sulfide) groups is 1. The van der Waals surface area contributed by atoms with Gasteiger partial charge in [-0.3, -0.25) is 4.79 Å². The molecule has 0 radical (unpaired) electrons. The number of hydrogen-bond acceptors (Lipinski definition) is 5. The Hall–Kier alpha value is -2.44. The lowest BCUT2D eigenvalue weighted by Crippen LogP contribution is -2.30. The minimum absolute atomic E-state index is 0.0938. The first-order chi connectivity index (χ1) is 13.5. The van der Waals surface area contributed by atoms with Crippen LogP contribution in [0.1, 0.15) is 11.1 Å². The van der Waals surface area contributed by atoms with Gasteiger partial charge in [-0.2, -0.15) is 11.8 Å². The summed E-state index contributed by atoms with van der Waals surface area (Å²) in [6.45, 7) is 2.31. The van der Waals surface area contributed by atoms with Gasteiger partial charge in [0.25, 0.3) is 5.91 Å². The van der Waals surface area contributed by atoms with E-state index in [0.717, 1.165) is 27.5 Å². The van der Waals surface area contributed by atoms with Crippen molar-refractivity contribution < 1.29 is 13.9 Å². The number of halogens is 1. The molecule has 1 heterocycles. The summed E-state index contributed by atoms with van der Waals surface area (Å²) in [6, 6.07) is 14.4. The first-order valence-corrected chi connectivity index (χ1v) is 10.3. The number of carbonyl (C=O) groups excluding carboxylic acids is 1. The number of ether oxygens (including phenoxy) is 1. The summed E-state index contributed by atoms with van der Waals surface area (Å²) < 4.78 is 10.7. The Kier molecular flexibility index (Phi) is 7.01. The Morgan fingerprint density at radius 2 is 1.96 bits per heavy atom. The van der Waals surface area contributed by atoms with Gasteiger partial charge in [-0.25, -0.2) is 4.79 Å². The quantitative estimate of drug-likeness (QED) is 0.439. The molecule has 146 valence electrons. The molecule has 1 aromatic heterocycles. The topological polar surface area (TPSA) is 68.5 Å². The molecular formula is C21H20ClNO4S. The van der Waals surface area contributed by atoms with E-state index in [4.69, 9.17) is 20.8 Å². The molecule has 0 aliphatic heterocycles. The predicted molar refractivity (Wildman–Crippen MR) is 113 cm³/mol. The van der Waals surface area contributed by atoms with Crippen molar-refractivity contribution in [1.82, 2.24) is 5.32 Å². The van der Waals surface area contributed by atoms with Gasteiger partial charge >= 0.3 is 5.63 Å². The zero-order valence-electron chi connectivity index (χ0n) is 15.4. The number of benzene rings is 2. The van der Waals surface area contributed by atoms with E-state index in [9.17, 15) is 9.59 Å². The number of fused-ring (bicyclic) bond motifs is 1. The molecule has 1 amide bonds. The summed E-state index contributed by atoms with van der Waals surface area (Å²) in [6.07, 6.45) is 0. The fourth-order valence-corrected chi connectivity index (χ4v) is 3.57. The normalized spacial score (nSPS) is 10.8. The average Bonchev–Trinajstić information content (AvgIpc) is 2.67. The van der Waals surface area contributed by atoms with Crippen LogP contribution in [0.2, 0.25) is 5.02 Å². The second kappa shape index (κ2) is 9.66. The summed E-state index contributed by atoms with van der Waals surface area (Å²) in [5.41, 5.74) is 2.08. The van der Waals surface area contributed by atoms with Crippen LogP contribution in [-0.4, -0.2) is 24.8 Å². The standard InChI is InChI=1S/C21H20ClNO4S/c1-14-10-21(25)27-19-11-17(6-7-18(14)19)26-12-20(24)23-8-9-28-13-15-2-4-16(22)5-3-15/h2-7,10-11H,8-9,12-13H2,1H3,(H,23,24). The molecule has 0 saturated carbocycles. The van der Waals surface area contributed by atoms with Crippen LogP contribution in [0.25, 0.3) is 11.0 Å². The molecule has 0 atom stereocenters. The zero-order valence-corrected chi connectivity index (χ0v) is 16.9. The fraction of sp³-hybridized carbons (Fsp3) is 0.238. The number of hydrogen-bond donors (Lipinski definition) is 1. The lowest BCUT2D eigenvalue weighted by molar-refractivity contribution is -0.122.